The predicted molar refractivity (Wildman–Crippen MR) is 97.2 cm³/mol. The molecule has 1 aromatic heterocycles. The maximum absolute atomic E-state index is 12.6. The fourth-order valence-electron chi connectivity index (χ4n) is 4.19. The van der Waals surface area contributed by atoms with E-state index in [9.17, 15) is 4.79 Å². The number of rotatable bonds is 3. The predicted octanol–water partition coefficient (Wildman–Crippen LogP) is 3.34. The molecule has 25 heavy (non-hydrogen) atoms. The van der Waals surface area contributed by atoms with Gasteiger partial charge in [0.05, 0.1) is 11.4 Å². The monoisotopic (exact) mass is 335 g/mol. The molecule has 1 aromatic carbocycles. The Labute approximate surface area is 149 Å². The summed E-state index contributed by atoms with van der Waals surface area (Å²) in [5.74, 6) is 0.823. The zero-order chi connectivity index (χ0) is 17.2. The van der Waals surface area contributed by atoms with E-state index in [1.165, 1.54) is 11.1 Å². The molecule has 4 nitrogen and oxygen atoms in total. The number of fused-ring (bicyclic) bond motifs is 1. The number of carbonyl (C=O) groups excluding carboxylic acids is 1. The molecular weight excluding hydrogens is 310 g/mol. The molecule has 0 spiro atoms. The van der Waals surface area contributed by atoms with Crippen LogP contribution in [0.1, 0.15) is 54.1 Å². The topological polar surface area (TPSA) is 54.9 Å². The van der Waals surface area contributed by atoms with E-state index in [2.05, 4.69) is 46.5 Å². The number of aromatic nitrogens is 2. The van der Waals surface area contributed by atoms with Gasteiger partial charge in [0.2, 0.25) is 5.91 Å². The van der Waals surface area contributed by atoms with Crippen molar-refractivity contribution in [2.45, 2.75) is 57.4 Å². The smallest absolute Gasteiger partial charge is 0.224 e. The van der Waals surface area contributed by atoms with Crippen LogP contribution in [0.5, 0.6) is 0 Å². The fraction of sp³-hybridized carbons (Fsp3) is 0.476. The summed E-state index contributed by atoms with van der Waals surface area (Å²) < 4.78 is 0. The van der Waals surface area contributed by atoms with Crippen LogP contribution in [0.2, 0.25) is 0 Å². The zero-order valence-electron chi connectivity index (χ0n) is 14.7. The Morgan fingerprint density at radius 2 is 1.56 bits per heavy atom. The molecule has 2 aliphatic rings. The van der Waals surface area contributed by atoms with Crippen LogP contribution in [0.15, 0.2) is 36.7 Å². The number of benzene rings is 1. The number of aryl methyl sites for hydroxylation is 1. The van der Waals surface area contributed by atoms with Crippen molar-refractivity contribution >= 4 is 5.91 Å². The van der Waals surface area contributed by atoms with Gasteiger partial charge in [-0.3, -0.25) is 14.8 Å². The van der Waals surface area contributed by atoms with E-state index in [0.717, 1.165) is 49.9 Å². The van der Waals surface area contributed by atoms with Crippen LogP contribution >= 0.6 is 0 Å². The zero-order valence-corrected chi connectivity index (χ0v) is 14.7. The van der Waals surface area contributed by atoms with Gasteiger partial charge >= 0.3 is 0 Å². The first-order chi connectivity index (χ1) is 12.2. The quantitative estimate of drug-likeness (QED) is 0.936. The molecule has 1 fully saturated rings. The second-order valence-corrected chi connectivity index (χ2v) is 7.52. The lowest BCUT2D eigenvalue weighted by molar-refractivity contribution is -0.125. The van der Waals surface area contributed by atoms with E-state index in [1.54, 1.807) is 12.4 Å². The van der Waals surface area contributed by atoms with Gasteiger partial charge in [-0.05, 0) is 44.1 Å². The number of nitrogens with one attached hydrogen (secondary N) is 1. The van der Waals surface area contributed by atoms with Gasteiger partial charge in [0.15, 0.2) is 0 Å². The van der Waals surface area contributed by atoms with Crippen molar-refractivity contribution < 1.29 is 4.79 Å². The Kier molecular flexibility index (Phi) is 4.51. The third-order valence-electron chi connectivity index (χ3n) is 5.73. The van der Waals surface area contributed by atoms with Crippen LogP contribution in [-0.4, -0.2) is 21.9 Å². The van der Waals surface area contributed by atoms with E-state index >= 15 is 0 Å². The minimum Gasteiger partial charge on any atom is -0.353 e. The van der Waals surface area contributed by atoms with Crippen molar-refractivity contribution in [2.24, 2.45) is 5.92 Å². The highest BCUT2D eigenvalue weighted by Crippen LogP contribution is 2.33. The van der Waals surface area contributed by atoms with Crippen LogP contribution in [0.25, 0.3) is 0 Å². The lowest BCUT2D eigenvalue weighted by atomic mass is 9.81. The molecule has 0 radical (unpaired) electrons. The minimum atomic E-state index is 0.00669. The number of carbonyl (C=O) groups is 1. The highest BCUT2D eigenvalue weighted by Gasteiger charge is 2.31. The Hall–Kier alpha value is -2.23. The molecule has 0 bridgehead atoms. The Morgan fingerprint density at radius 3 is 2.16 bits per heavy atom. The molecule has 1 saturated carbocycles. The number of nitrogens with zero attached hydrogens (tertiary/aromatic N) is 2. The summed E-state index contributed by atoms with van der Waals surface area (Å²) in [5, 5.41) is 3.28. The third kappa shape index (κ3) is 3.58. The molecule has 4 heteroatoms. The molecule has 0 saturated heterocycles. The van der Waals surface area contributed by atoms with Crippen molar-refractivity contribution in [2.75, 3.05) is 0 Å². The number of amides is 1. The molecule has 4 rings (SSSR count). The van der Waals surface area contributed by atoms with Gasteiger partial charge in [0.1, 0.15) is 0 Å². The lowest BCUT2D eigenvalue weighted by Crippen LogP contribution is -2.41. The van der Waals surface area contributed by atoms with Crippen LogP contribution in [0.4, 0.5) is 0 Å². The average molecular weight is 335 g/mol. The highest BCUT2D eigenvalue weighted by molar-refractivity contribution is 5.80. The molecule has 130 valence electrons. The van der Waals surface area contributed by atoms with Gasteiger partial charge in [-0.2, -0.15) is 0 Å². The van der Waals surface area contributed by atoms with E-state index in [1.807, 2.05) is 0 Å². The SMILES string of the molecule is Cc1ccc(C2CCC(NC(=O)C3Cc4nccnc4C3)CC2)cc1. The fourth-order valence-corrected chi connectivity index (χ4v) is 4.19. The molecule has 1 amide bonds. The van der Waals surface area contributed by atoms with E-state index < -0.39 is 0 Å². The molecule has 0 atom stereocenters. The number of hydrogen-bond acceptors (Lipinski definition) is 3. The first-order valence-corrected chi connectivity index (χ1v) is 9.35. The van der Waals surface area contributed by atoms with E-state index in [0.29, 0.717) is 12.0 Å². The molecule has 1 N–H and O–H groups in total. The maximum Gasteiger partial charge on any atom is 0.224 e. The average Bonchev–Trinajstić information content (AvgIpc) is 3.07. The van der Waals surface area contributed by atoms with Crippen LogP contribution < -0.4 is 5.32 Å². The first kappa shape index (κ1) is 16.2. The highest BCUT2D eigenvalue weighted by atomic mass is 16.1. The van der Waals surface area contributed by atoms with E-state index in [-0.39, 0.29) is 11.8 Å². The summed E-state index contributed by atoms with van der Waals surface area (Å²) in [4.78, 5) is 21.3. The molecular formula is C21H25N3O. The largest absolute Gasteiger partial charge is 0.353 e. The van der Waals surface area contributed by atoms with Crippen LogP contribution in [0, 0.1) is 12.8 Å². The Balaban J connectivity index is 1.29. The van der Waals surface area contributed by atoms with Gasteiger partial charge in [-0.1, -0.05) is 29.8 Å². The summed E-state index contributed by atoms with van der Waals surface area (Å²) in [6.07, 6.45) is 9.34. The molecule has 2 aromatic rings. The normalized spacial score (nSPS) is 23.2. The Morgan fingerprint density at radius 1 is 0.960 bits per heavy atom. The van der Waals surface area contributed by atoms with Gasteiger partial charge in [-0.15, -0.1) is 0 Å². The second kappa shape index (κ2) is 6.95. The molecule has 2 aliphatic carbocycles. The van der Waals surface area contributed by atoms with Gasteiger partial charge < -0.3 is 5.32 Å². The summed E-state index contributed by atoms with van der Waals surface area (Å²) in [6.45, 7) is 2.13. The maximum atomic E-state index is 12.6. The van der Waals surface area contributed by atoms with Crippen molar-refractivity contribution in [1.29, 1.82) is 0 Å². The summed E-state index contributed by atoms with van der Waals surface area (Å²) in [6, 6.07) is 9.23. The van der Waals surface area contributed by atoms with E-state index in [4.69, 9.17) is 0 Å². The molecule has 0 unspecified atom stereocenters. The van der Waals surface area contributed by atoms with Crippen molar-refractivity contribution in [3.63, 3.8) is 0 Å². The Bertz CT molecular complexity index is 723. The molecule has 1 heterocycles. The van der Waals surface area contributed by atoms with Gasteiger partial charge in [0.25, 0.3) is 0 Å². The van der Waals surface area contributed by atoms with Gasteiger partial charge in [0, 0.05) is 37.2 Å². The van der Waals surface area contributed by atoms with Crippen molar-refractivity contribution in [3.05, 3.63) is 59.2 Å². The summed E-state index contributed by atoms with van der Waals surface area (Å²) >= 11 is 0. The summed E-state index contributed by atoms with van der Waals surface area (Å²) in [5.41, 5.74) is 4.74. The minimum absolute atomic E-state index is 0.00669. The van der Waals surface area contributed by atoms with Crippen molar-refractivity contribution in [1.82, 2.24) is 15.3 Å². The third-order valence-corrected chi connectivity index (χ3v) is 5.73. The van der Waals surface area contributed by atoms with Crippen LogP contribution in [0.3, 0.4) is 0 Å². The summed E-state index contributed by atoms with van der Waals surface area (Å²) in [7, 11) is 0. The standard InChI is InChI=1S/C21H25N3O/c1-14-2-4-15(5-3-14)16-6-8-18(9-7-16)24-21(25)17-12-19-20(13-17)23-11-10-22-19/h2-5,10-11,16-18H,6-9,12-13H2,1H3,(H,24,25). The lowest BCUT2D eigenvalue weighted by Gasteiger charge is -2.30. The molecule has 0 aliphatic heterocycles. The van der Waals surface area contributed by atoms with Crippen LogP contribution in [-0.2, 0) is 17.6 Å². The first-order valence-electron chi connectivity index (χ1n) is 9.35. The number of hydrogen-bond donors (Lipinski definition) is 1. The second-order valence-electron chi connectivity index (χ2n) is 7.52. The van der Waals surface area contributed by atoms with Gasteiger partial charge in [-0.25, -0.2) is 0 Å². The van der Waals surface area contributed by atoms with Crippen molar-refractivity contribution in [3.8, 4) is 0 Å².